The first kappa shape index (κ1) is 18.7. The number of rotatable bonds is 3. The Hall–Kier alpha value is -3.26. The van der Waals surface area contributed by atoms with Crippen molar-refractivity contribution in [3.05, 3.63) is 42.1 Å². The van der Waals surface area contributed by atoms with Gasteiger partial charge in [0, 0.05) is 36.3 Å². The van der Waals surface area contributed by atoms with E-state index in [1.807, 2.05) is 55.4 Å². The Kier molecular flexibility index (Phi) is 4.32. The van der Waals surface area contributed by atoms with Gasteiger partial charge in [0.2, 0.25) is 0 Å². The number of phenols is 1. The number of fused-ring (bicyclic) bond motifs is 2. The fourth-order valence-corrected chi connectivity index (χ4v) is 4.19. The van der Waals surface area contributed by atoms with Gasteiger partial charge >= 0.3 is 0 Å². The van der Waals surface area contributed by atoms with E-state index in [0.29, 0.717) is 24.3 Å². The minimum Gasteiger partial charge on any atom is -0.507 e. The molecule has 0 saturated carbocycles. The lowest BCUT2D eigenvalue weighted by Gasteiger charge is -2.17. The first-order chi connectivity index (χ1) is 14.4. The molecule has 4 aromatic rings. The van der Waals surface area contributed by atoms with E-state index in [-0.39, 0.29) is 11.8 Å². The zero-order chi connectivity index (χ0) is 21.0. The van der Waals surface area contributed by atoms with Crippen LogP contribution in [0.25, 0.3) is 33.2 Å². The third-order valence-electron chi connectivity index (χ3n) is 5.87. The van der Waals surface area contributed by atoms with Crippen molar-refractivity contribution >= 4 is 27.8 Å². The molecule has 4 heterocycles. The SMILES string of the molecule is CN[C@H]1CN(c2ccc3nc(-c4cc5cn(C)nc5c(C)c4O)ccc3n2)C[C@@H]1F. The van der Waals surface area contributed by atoms with Gasteiger partial charge in [-0.2, -0.15) is 5.10 Å². The average Bonchev–Trinajstić information content (AvgIpc) is 3.31. The summed E-state index contributed by atoms with van der Waals surface area (Å²) in [6, 6.07) is 9.24. The number of aromatic hydroxyl groups is 1. The lowest BCUT2D eigenvalue weighted by atomic mass is 10.0. The highest BCUT2D eigenvalue weighted by Crippen LogP contribution is 2.36. The van der Waals surface area contributed by atoms with E-state index in [2.05, 4.69) is 15.4 Å². The van der Waals surface area contributed by atoms with Crippen LogP contribution in [-0.2, 0) is 7.05 Å². The van der Waals surface area contributed by atoms with Crippen LogP contribution in [-0.4, -0.2) is 57.2 Å². The summed E-state index contributed by atoms with van der Waals surface area (Å²) >= 11 is 0. The lowest BCUT2D eigenvalue weighted by molar-refractivity contribution is 0.310. The van der Waals surface area contributed by atoms with Gasteiger partial charge in [-0.15, -0.1) is 0 Å². The Bertz CT molecular complexity index is 1270. The van der Waals surface area contributed by atoms with E-state index in [0.717, 1.165) is 33.3 Å². The second-order valence-corrected chi connectivity index (χ2v) is 7.86. The van der Waals surface area contributed by atoms with Gasteiger partial charge in [-0.1, -0.05) is 0 Å². The molecule has 0 amide bonds. The summed E-state index contributed by atoms with van der Waals surface area (Å²) in [5, 5.41) is 19.1. The van der Waals surface area contributed by atoms with Gasteiger partial charge in [0.1, 0.15) is 17.7 Å². The topological polar surface area (TPSA) is 79.1 Å². The van der Waals surface area contributed by atoms with Crippen LogP contribution in [0.4, 0.5) is 10.2 Å². The lowest BCUT2D eigenvalue weighted by Crippen LogP contribution is -2.34. The van der Waals surface area contributed by atoms with Crippen LogP contribution in [0.15, 0.2) is 36.5 Å². The number of phenolic OH excluding ortho intramolecular Hbond substituents is 1. The largest absolute Gasteiger partial charge is 0.507 e. The number of likely N-dealkylation sites (N-methyl/N-ethyl adjacent to an activating group) is 1. The maximum absolute atomic E-state index is 14.1. The zero-order valence-electron chi connectivity index (χ0n) is 17.1. The molecule has 2 N–H and O–H groups in total. The zero-order valence-corrected chi connectivity index (χ0v) is 17.1. The number of alkyl halides is 1. The van der Waals surface area contributed by atoms with Gasteiger partial charge < -0.3 is 15.3 Å². The van der Waals surface area contributed by atoms with Gasteiger partial charge in [-0.3, -0.25) is 4.68 Å². The molecule has 0 unspecified atom stereocenters. The molecule has 1 fully saturated rings. The Labute approximate surface area is 173 Å². The minimum atomic E-state index is -0.915. The maximum Gasteiger partial charge on any atom is 0.134 e. The minimum absolute atomic E-state index is 0.182. The van der Waals surface area contributed by atoms with Crippen molar-refractivity contribution < 1.29 is 9.50 Å². The van der Waals surface area contributed by atoms with Crippen LogP contribution in [0.2, 0.25) is 0 Å². The Balaban J connectivity index is 1.53. The summed E-state index contributed by atoms with van der Waals surface area (Å²) in [6.07, 6.45) is 1.01. The Morgan fingerprint density at radius 3 is 2.67 bits per heavy atom. The summed E-state index contributed by atoms with van der Waals surface area (Å²) in [4.78, 5) is 11.4. The molecule has 8 heteroatoms. The van der Waals surface area contributed by atoms with Crippen molar-refractivity contribution in [2.45, 2.75) is 19.1 Å². The molecule has 1 aliphatic rings. The van der Waals surface area contributed by atoms with Crippen molar-refractivity contribution in [1.29, 1.82) is 0 Å². The number of hydrogen-bond donors (Lipinski definition) is 2. The third-order valence-corrected chi connectivity index (χ3v) is 5.87. The second-order valence-electron chi connectivity index (χ2n) is 7.86. The number of aryl methyl sites for hydroxylation is 2. The van der Waals surface area contributed by atoms with Crippen molar-refractivity contribution in [2.75, 3.05) is 25.0 Å². The van der Waals surface area contributed by atoms with E-state index in [4.69, 9.17) is 4.98 Å². The predicted molar refractivity (Wildman–Crippen MR) is 116 cm³/mol. The number of benzene rings is 1. The smallest absolute Gasteiger partial charge is 0.134 e. The molecule has 7 nitrogen and oxygen atoms in total. The normalized spacial score (nSPS) is 19.3. The van der Waals surface area contributed by atoms with E-state index in [9.17, 15) is 9.50 Å². The number of aromatic nitrogens is 4. The highest BCUT2D eigenvalue weighted by atomic mass is 19.1. The molecule has 0 radical (unpaired) electrons. The number of halogens is 1. The monoisotopic (exact) mass is 406 g/mol. The van der Waals surface area contributed by atoms with Gasteiger partial charge in [0.05, 0.1) is 34.8 Å². The maximum atomic E-state index is 14.1. The van der Waals surface area contributed by atoms with Crippen LogP contribution < -0.4 is 10.2 Å². The molecule has 30 heavy (non-hydrogen) atoms. The van der Waals surface area contributed by atoms with E-state index >= 15 is 0 Å². The molecule has 1 saturated heterocycles. The number of pyridine rings is 2. The molecule has 3 aromatic heterocycles. The van der Waals surface area contributed by atoms with E-state index in [1.54, 1.807) is 11.7 Å². The third kappa shape index (κ3) is 2.95. The molecular formula is C22H23FN6O. The summed E-state index contributed by atoms with van der Waals surface area (Å²) in [5.74, 6) is 0.926. The molecule has 1 aliphatic heterocycles. The van der Waals surface area contributed by atoms with Crippen LogP contribution >= 0.6 is 0 Å². The fourth-order valence-electron chi connectivity index (χ4n) is 4.19. The number of anilines is 1. The number of hydrogen-bond acceptors (Lipinski definition) is 6. The highest BCUT2D eigenvalue weighted by Gasteiger charge is 2.32. The first-order valence-electron chi connectivity index (χ1n) is 9.95. The molecule has 0 spiro atoms. The Morgan fingerprint density at radius 2 is 1.90 bits per heavy atom. The van der Waals surface area contributed by atoms with Crippen molar-refractivity contribution in [3.8, 4) is 17.0 Å². The molecule has 154 valence electrons. The summed E-state index contributed by atoms with van der Waals surface area (Å²) in [6.45, 7) is 2.77. The highest BCUT2D eigenvalue weighted by molar-refractivity contribution is 5.91. The number of nitrogens with zero attached hydrogens (tertiary/aromatic N) is 5. The molecule has 0 aliphatic carbocycles. The summed E-state index contributed by atoms with van der Waals surface area (Å²) < 4.78 is 15.8. The average molecular weight is 406 g/mol. The van der Waals surface area contributed by atoms with Crippen molar-refractivity contribution in [2.24, 2.45) is 7.05 Å². The van der Waals surface area contributed by atoms with Gasteiger partial charge in [-0.25, -0.2) is 14.4 Å². The van der Waals surface area contributed by atoms with Crippen molar-refractivity contribution in [1.82, 2.24) is 25.1 Å². The van der Waals surface area contributed by atoms with Gasteiger partial charge in [0.15, 0.2) is 0 Å². The Morgan fingerprint density at radius 1 is 1.13 bits per heavy atom. The van der Waals surface area contributed by atoms with Crippen LogP contribution in [0.5, 0.6) is 5.75 Å². The van der Waals surface area contributed by atoms with Crippen LogP contribution in [0.3, 0.4) is 0 Å². The van der Waals surface area contributed by atoms with Gasteiger partial charge in [-0.05, 0) is 44.3 Å². The van der Waals surface area contributed by atoms with Crippen molar-refractivity contribution in [3.63, 3.8) is 0 Å². The van der Waals surface area contributed by atoms with E-state index < -0.39 is 6.17 Å². The van der Waals surface area contributed by atoms with E-state index in [1.165, 1.54) is 0 Å². The molecular weight excluding hydrogens is 383 g/mol. The number of nitrogens with one attached hydrogen (secondary N) is 1. The molecule has 0 bridgehead atoms. The summed E-state index contributed by atoms with van der Waals surface area (Å²) in [5.41, 5.74) is 4.30. The second kappa shape index (κ2) is 6.91. The first-order valence-corrected chi connectivity index (χ1v) is 9.95. The van der Waals surface area contributed by atoms with Crippen LogP contribution in [0.1, 0.15) is 5.56 Å². The molecule has 2 atom stereocenters. The van der Waals surface area contributed by atoms with Gasteiger partial charge in [0.25, 0.3) is 0 Å². The molecule has 1 aromatic carbocycles. The quantitative estimate of drug-likeness (QED) is 0.545. The fraction of sp³-hybridized carbons (Fsp3) is 0.318. The predicted octanol–water partition coefficient (Wildman–Crippen LogP) is 2.94. The van der Waals surface area contributed by atoms with Crippen LogP contribution in [0, 0.1) is 6.92 Å². The summed E-state index contributed by atoms with van der Waals surface area (Å²) in [7, 11) is 3.64. The standard InChI is InChI=1S/C22H23FN6O/c1-12-21-13(9-28(3)27-21)8-14(22(12)30)16-4-5-18-17(25-16)6-7-20(26-18)29-10-15(23)19(11-29)24-2/h4-9,15,19,24,30H,10-11H2,1-3H3/t15-,19-/m0/s1. The molecule has 5 rings (SSSR count).